The lowest BCUT2D eigenvalue weighted by Crippen LogP contribution is -2.41. The SMILES string of the molecule is C=CC(=O)OCCCCCC(=O)COC1(C#CC2(OC(=O)CCCCCOC(=O)C=C)CCC(CCC)CC2)CCC(CCC)CC1. The van der Waals surface area contributed by atoms with Gasteiger partial charge in [0.05, 0.1) is 13.2 Å². The summed E-state index contributed by atoms with van der Waals surface area (Å²) in [6.07, 6.45) is 18.8. The minimum absolute atomic E-state index is 0.0199. The Morgan fingerprint density at radius 2 is 1.15 bits per heavy atom. The van der Waals surface area contributed by atoms with E-state index >= 15 is 0 Å². The Kier molecular flexibility index (Phi) is 19.4. The maximum atomic E-state index is 13.1. The van der Waals surface area contributed by atoms with E-state index in [-0.39, 0.29) is 18.4 Å². The molecule has 2 fully saturated rings. The predicted molar refractivity (Wildman–Crippen MR) is 183 cm³/mol. The van der Waals surface area contributed by atoms with Gasteiger partial charge in [0.15, 0.2) is 11.4 Å². The van der Waals surface area contributed by atoms with Crippen LogP contribution in [0.2, 0.25) is 0 Å². The smallest absolute Gasteiger partial charge is 0.330 e. The van der Waals surface area contributed by atoms with Crippen LogP contribution < -0.4 is 0 Å². The zero-order valence-electron chi connectivity index (χ0n) is 29.3. The maximum absolute atomic E-state index is 13.1. The molecule has 0 amide bonds. The fourth-order valence-electron chi connectivity index (χ4n) is 6.64. The molecule has 0 aliphatic heterocycles. The van der Waals surface area contributed by atoms with Crippen LogP contribution in [-0.2, 0) is 38.1 Å². The Labute approximate surface area is 283 Å². The molecule has 0 saturated heterocycles. The van der Waals surface area contributed by atoms with Crippen molar-refractivity contribution in [2.24, 2.45) is 11.8 Å². The molecular weight excluding hydrogens is 596 g/mol. The van der Waals surface area contributed by atoms with E-state index in [1.165, 1.54) is 12.8 Å². The molecule has 8 nitrogen and oxygen atoms in total. The molecule has 47 heavy (non-hydrogen) atoms. The van der Waals surface area contributed by atoms with Crippen molar-refractivity contribution in [1.29, 1.82) is 0 Å². The highest BCUT2D eigenvalue weighted by Crippen LogP contribution is 2.40. The molecule has 0 spiro atoms. The number of carbonyl (C=O) groups excluding carboxylic acids is 4. The van der Waals surface area contributed by atoms with Crippen LogP contribution in [0.3, 0.4) is 0 Å². The lowest BCUT2D eigenvalue weighted by Gasteiger charge is -2.38. The highest BCUT2D eigenvalue weighted by molar-refractivity contribution is 5.81. The van der Waals surface area contributed by atoms with E-state index in [2.05, 4.69) is 38.8 Å². The number of hydrogen-bond acceptors (Lipinski definition) is 8. The number of esters is 3. The van der Waals surface area contributed by atoms with Crippen molar-refractivity contribution in [2.75, 3.05) is 19.8 Å². The highest BCUT2D eigenvalue weighted by Gasteiger charge is 2.40. The Balaban J connectivity index is 2.05. The molecule has 0 heterocycles. The van der Waals surface area contributed by atoms with Crippen molar-refractivity contribution < 1.29 is 38.1 Å². The molecule has 0 aromatic heterocycles. The number of hydrogen-bond donors (Lipinski definition) is 0. The summed E-state index contributed by atoms with van der Waals surface area (Å²) in [5.41, 5.74) is -1.56. The molecule has 264 valence electrons. The van der Waals surface area contributed by atoms with Crippen LogP contribution in [0.25, 0.3) is 0 Å². The van der Waals surface area contributed by atoms with Crippen LogP contribution >= 0.6 is 0 Å². The molecule has 8 heteroatoms. The van der Waals surface area contributed by atoms with Crippen LogP contribution in [-0.4, -0.2) is 54.7 Å². The number of rotatable bonds is 22. The fraction of sp³-hybridized carbons (Fsp3) is 0.744. The van der Waals surface area contributed by atoms with Crippen molar-refractivity contribution in [3.05, 3.63) is 25.3 Å². The van der Waals surface area contributed by atoms with Gasteiger partial charge in [0, 0.05) is 25.0 Å². The Morgan fingerprint density at radius 3 is 1.64 bits per heavy atom. The third-order valence-electron chi connectivity index (χ3n) is 9.50. The van der Waals surface area contributed by atoms with Gasteiger partial charge in [-0.15, -0.1) is 0 Å². The van der Waals surface area contributed by atoms with Crippen LogP contribution in [0.4, 0.5) is 0 Å². The molecule has 0 aromatic carbocycles. The van der Waals surface area contributed by atoms with E-state index in [1.54, 1.807) is 0 Å². The lowest BCUT2D eigenvalue weighted by molar-refractivity contribution is -0.157. The maximum Gasteiger partial charge on any atom is 0.330 e. The van der Waals surface area contributed by atoms with E-state index in [0.717, 1.165) is 76.4 Å². The summed E-state index contributed by atoms with van der Waals surface area (Å²) in [4.78, 5) is 48.3. The topological polar surface area (TPSA) is 105 Å². The van der Waals surface area contributed by atoms with E-state index in [4.69, 9.17) is 18.9 Å². The lowest BCUT2D eigenvalue weighted by atomic mass is 9.75. The van der Waals surface area contributed by atoms with Crippen LogP contribution in [0.15, 0.2) is 25.3 Å². The minimum Gasteiger partial charge on any atom is -0.463 e. The van der Waals surface area contributed by atoms with Crippen LogP contribution in [0.1, 0.15) is 142 Å². The highest BCUT2D eigenvalue weighted by atomic mass is 16.6. The number of ketones is 1. The first kappa shape index (κ1) is 40.3. The van der Waals surface area contributed by atoms with E-state index in [1.807, 2.05) is 0 Å². The third kappa shape index (κ3) is 16.2. The van der Waals surface area contributed by atoms with Gasteiger partial charge in [0.25, 0.3) is 0 Å². The van der Waals surface area contributed by atoms with Crippen molar-refractivity contribution in [2.45, 2.75) is 153 Å². The molecule has 0 bridgehead atoms. The van der Waals surface area contributed by atoms with Crippen molar-refractivity contribution in [3.63, 3.8) is 0 Å². The molecule has 0 radical (unpaired) electrons. The van der Waals surface area contributed by atoms with Gasteiger partial charge in [-0.2, -0.15) is 0 Å². The molecule has 2 aliphatic rings. The fourth-order valence-corrected chi connectivity index (χ4v) is 6.64. The first-order chi connectivity index (χ1) is 22.7. The average molecular weight is 657 g/mol. The molecule has 2 rings (SSSR count). The van der Waals surface area contributed by atoms with Crippen molar-refractivity contribution in [3.8, 4) is 11.8 Å². The summed E-state index contributed by atoms with van der Waals surface area (Å²) >= 11 is 0. The van der Waals surface area contributed by atoms with Gasteiger partial charge >= 0.3 is 17.9 Å². The Morgan fingerprint density at radius 1 is 0.681 bits per heavy atom. The summed E-state index contributed by atoms with van der Waals surface area (Å²) in [5.74, 6) is 7.17. The molecule has 2 saturated carbocycles. The predicted octanol–water partition coefficient (Wildman–Crippen LogP) is 8.16. The van der Waals surface area contributed by atoms with Gasteiger partial charge in [0.2, 0.25) is 0 Å². The largest absolute Gasteiger partial charge is 0.463 e. The van der Waals surface area contributed by atoms with Gasteiger partial charge in [-0.05, 0) is 102 Å². The summed E-state index contributed by atoms with van der Waals surface area (Å²) in [6.45, 7) is 11.9. The first-order valence-corrected chi connectivity index (χ1v) is 18.2. The number of ether oxygens (including phenoxy) is 4. The third-order valence-corrected chi connectivity index (χ3v) is 9.50. The number of carbonyl (C=O) groups is 4. The van der Waals surface area contributed by atoms with E-state index in [0.29, 0.717) is 76.4 Å². The normalized spacial score (nSPS) is 23.9. The van der Waals surface area contributed by atoms with E-state index < -0.39 is 23.1 Å². The first-order valence-electron chi connectivity index (χ1n) is 18.2. The molecule has 0 aromatic rings. The molecular formula is C39H60O8. The summed E-state index contributed by atoms with van der Waals surface area (Å²) in [7, 11) is 0. The average Bonchev–Trinajstić information content (AvgIpc) is 3.08. The Bertz CT molecular complexity index is 1050. The van der Waals surface area contributed by atoms with Gasteiger partial charge in [-0.25, -0.2) is 9.59 Å². The molecule has 0 unspecified atom stereocenters. The number of Topliss-reactive ketones (excluding diaryl/α,β-unsaturated/α-hetero) is 1. The van der Waals surface area contributed by atoms with Crippen molar-refractivity contribution in [1.82, 2.24) is 0 Å². The molecule has 0 atom stereocenters. The Hall–Kier alpha value is -2.92. The van der Waals surface area contributed by atoms with E-state index in [9.17, 15) is 19.2 Å². The summed E-state index contributed by atoms with van der Waals surface area (Å²) < 4.78 is 22.7. The standard InChI is InChI=1S/C39H60O8/c1-5-15-32-19-23-38(24-20-32,46-31-34(40)17-11-9-13-29-44-35(41)7-3)27-28-39(25-21-33(16-6-2)22-26-39)47-37(43)18-12-10-14-30-45-36(42)8-4/h7-8,32-33H,3-6,9-26,29-31H2,1-2H3. The van der Waals surface area contributed by atoms with Crippen molar-refractivity contribution >= 4 is 23.7 Å². The quantitative estimate of drug-likeness (QED) is 0.0378. The van der Waals surface area contributed by atoms with Crippen LogP contribution in [0, 0.1) is 23.7 Å². The van der Waals surface area contributed by atoms with Crippen LogP contribution in [0.5, 0.6) is 0 Å². The zero-order valence-corrected chi connectivity index (χ0v) is 29.3. The molecule has 0 N–H and O–H groups in total. The second-order valence-electron chi connectivity index (χ2n) is 13.4. The molecule has 2 aliphatic carbocycles. The number of unbranched alkanes of at least 4 members (excludes halogenated alkanes) is 4. The van der Waals surface area contributed by atoms with Gasteiger partial charge in [-0.1, -0.05) is 64.5 Å². The minimum atomic E-state index is -0.837. The van der Waals surface area contributed by atoms with Gasteiger partial charge in [-0.3, -0.25) is 9.59 Å². The van der Waals surface area contributed by atoms with Gasteiger partial charge in [0.1, 0.15) is 12.2 Å². The second-order valence-corrected chi connectivity index (χ2v) is 13.4. The van der Waals surface area contributed by atoms with Gasteiger partial charge < -0.3 is 18.9 Å². The summed E-state index contributed by atoms with van der Waals surface area (Å²) in [5, 5.41) is 0. The monoisotopic (exact) mass is 656 g/mol. The summed E-state index contributed by atoms with van der Waals surface area (Å²) in [6, 6.07) is 0. The zero-order chi connectivity index (χ0) is 34.4. The second kappa shape index (κ2) is 22.6.